The van der Waals surface area contributed by atoms with Crippen molar-refractivity contribution in [2.24, 2.45) is 5.41 Å². The SMILES string of the molecule is CCN1CCC2(CCCN(Cc3ccncc3)CC2)C1=O. The number of carbonyl (C=O) groups excluding carboxylic acids is 1. The van der Waals surface area contributed by atoms with Crippen LogP contribution in [-0.4, -0.2) is 46.9 Å². The summed E-state index contributed by atoms with van der Waals surface area (Å²) in [6.07, 6.45) is 7.99. The molecule has 3 heterocycles. The third kappa shape index (κ3) is 2.95. The number of hydrogen-bond acceptors (Lipinski definition) is 3. The Morgan fingerprint density at radius 3 is 2.62 bits per heavy atom. The molecule has 2 aliphatic heterocycles. The molecular weight excluding hydrogens is 262 g/mol. The maximum Gasteiger partial charge on any atom is 0.228 e. The van der Waals surface area contributed by atoms with E-state index < -0.39 is 0 Å². The Morgan fingerprint density at radius 2 is 1.90 bits per heavy atom. The van der Waals surface area contributed by atoms with Crippen molar-refractivity contribution in [1.29, 1.82) is 0 Å². The molecule has 1 atom stereocenters. The van der Waals surface area contributed by atoms with Crippen molar-refractivity contribution < 1.29 is 4.79 Å². The number of aromatic nitrogens is 1. The second-order valence-electron chi connectivity index (χ2n) is 6.40. The van der Waals surface area contributed by atoms with E-state index in [1.807, 2.05) is 17.3 Å². The highest BCUT2D eigenvalue weighted by Gasteiger charge is 2.46. The van der Waals surface area contributed by atoms with Gasteiger partial charge in [-0.3, -0.25) is 14.7 Å². The number of amides is 1. The predicted octanol–water partition coefficient (Wildman–Crippen LogP) is 2.31. The van der Waals surface area contributed by atoms with Gasteiger partial charge in [-0.15, -0.1) is 0 Å². The minimum absolute atomic E-state index is 0.0526. The van der Waals surface area contributed by atoms with Gasteiger partial charge in [0.15, 0.2) is 0 Å². The molecule has 0 aliphatic carbocycles. The van der Waals surface area contributed by atoms with Crippen molar-refractivity contribution in [1.82, 2.24) is 14.8 Å². The molecule has 4 heteroatoms. The van der Waals surface area contributed by atoms with E-state index in [-0.39, 0.29) is 5.41 Å². The van der Waals surface area contributed by atoms with Gasteiger partial charge in [-0.05, 0) is 63.4 Å². The van der Waals surface area contributed by atoms with Crippen LogP contribution in [0, 0.1) is 5.41 Å². The summed E-state index contributed by atoms with van der Waals surface area (Å²) in [7, 11) is 0. The Kier molecular flexibility index (Phi) is 4.24. The van der Waals surface area contributed by atoms with Crippen molar-refractivity contribution in [3.8, 4) is 0 Å². The minimum atomic E-state index is -0.0526. The Bertz CT molecular complexity index is 490. The van der Waals surface area contributed by atoms with Crippen LogP contribution in [0.3, 0.4) is 0 Å². The molecule has 1 aromatic heterocycles. The summed E-state index contributed by atoms with van der Waals surface area (Å²) in [5.74, 6) is 0.413. The van der Waals surface area contributed by atoms with Crippen molar-refractivity contribution in [3.05, 3.63) is 30.1 Å². The normalized spacial score (nSPS) is 27.3. The van der Waals surface area contributed by atoms with Crippen molar-refractivity contribution in [3.63, 3.8) is 0 Å². The summed E-state index contributed by atoms with van der Waals surface area (Å²) >= 11 is 0. The number of rotatable bonds is 3. The standard InChI is InChI=1S/C17H25N3O/c1-2-20-13-8-17(16(20)21)6-3-11-19(12-7-17)14-15-4-9-18-10-5-15/h4-5,9-10H,2-3,6-8,11-14H2,1H3. The molecule has 1 aromatic rings. The van der Waals surface area contributed by atoms with Crippen LogP contribution < -0.4 is 0 Å². The summed E-state index contributed by atoms with van der Waals surface area (Å²) < 4.78 is 0. The molecule has 0 N–H and O–H groups in total. The van der Waals surface area contributed by atoms with Crippen LogP contribution in [0.15, 0.2) is 24.5 Å². The van der Waals surface area contributed by atoms with Crippen LogP contribution >= 0.6 is 0 Å². The zero-order chi connectivity index (χ0) is 14.7. The summed E-state index contributed by atoms with van der Waals surface area (Å²) in [6, 6.07) is 4.17. The van der Waals surface area contributed by atoms with E-state index in [4.69, 9.17) is 0 Å². The fraction of sp³-hybridized carbons (Fsp3) is 0.647. The van der Waals surface area contributed by atoms with Crippen LogP contribution in [-0.2, 0) is 11.3 Å². The molecular formula is C17H25N3O. The summed E-state index contributed by atoms with van der Waals surface area (Å²) in [4.78, 5) is 21.2. The van der Waals surface area contributed by atoms with Crippen LogP contribution in [0.4, 0.5) is 0 Å². The quantitative estimate of drug-likeness (QED) is 0.856. The average Bonchev–Trinajstić information content (AvgIpc) is 2.69. The van der Waals surface area contributed by atoms with E-state index in [0.29, 0.717) is 5.91 Å². The molecule has 114 valence electrons. The molecule has 1 amide bonds. The van der Waals surface area contributed by atoms with Crippen molar-refractivity contribution in [2.45, 2.75) is 39.2 Å². The highest BCUT2D eigenvalue weighted by Crippen LogP contribution is 2.41. The van der Waals surface area contributed by atoms with E-state index in [0.717, 1.165) is 58.4 Å². The largest absolute Gasteiger partial charge is 0.342 e. The summed E-state index contributed by atoms with van der Waals surface area (Å²) in [5, 5.41) is 0. The Morgan fingerprint density at radius 1 is 1.14 bits per heavy atom. The topological polar surface area (TPSA) is 36.4 Å². The van der Waals surface area contributed by atoms with E-state index in [9.17, 15) is 4.79 Å². The molecule has 2 aliphatic rings. The molecule has 2 fully saturated rings. The number of pyridine rings is 1. The van der Waals surface area contributed by atoms with Gasteiger partial charge in [-0.25, -0.2) is 0 Å². The lowest BCUT2D eigenvalue weighted by molar-refractivity contribution is -0.136. The molecule has 0 bridgehead atoms. The highest BCUT2D eigenvalue weighted by molar-refractivity contribution is 5.84. The minimum Gasteiger partial charge on any atom is -0.342 e. The lowest BCUT2D eigenvalue weighted by Crippen LogP contribution is -2.35. The van der Waals surface area contributed by atoms with Gasteiger partial charge in [0.2, 0.25) is 5.91 Å². The van der Waals surface area contributed by atoms with Crippen LogP contribution in [0.1, 0.15) is 38.2 Å². The van der Waals surface area contributed by atoms with Crippen LogP contribution in [0.2, 0.25) is 0 Å². The van der Waals surface area contributed by atoms with E-state index in [2.05, 4.69) is 28.9 Å². The number of likely N-dealkylation sites (tertiary alicyclic amines) is 2. The lowest BCUT2D eigenvalue weighted by atomic mass is 9.79. The molecule has 0 aromatic carbocycles. The first-order chi connectivity index (χ1) is 10.2. The molecule has 21 heavy (non-hydrogen) atoms. The highest BCUT2D eigenvalue weighted by atomic mass is 16.2. The fourth-order valence-electron chi connectivity index (χ4n) is 3.81. The lowest BCUT2D eigenvalue weighted by Gasteiger charge is -2.26. The van der Waals surface area contributed by atoms with Gasteiger partial charge in [0.05, 0.1) is 5.41 Å². The number of carbonyl (C=O) groups is 1. The van der Waals surface area contributed by atoms with Gasteiger partial charge in [-0.1, -0.05) is 0 Å². The van der Waals surface area contributed by atoms with E-state index in [1.54, 1.807) is 0 Å². The van der Waals surface area contributed by atoms with Gasteiger partial charge < -0.3 is 4.90 Å². The zero-order valence-electron chi connectivity index (χ0n) is 12.9. The van der Waals surface area contributed by atoms with E-state index >= 15 is 0 Å². The molecule has 0 saturated carbocycles. The average molecular weight is 287 g/mol. The molecule has 4 nitrogen and oxygen atoms in total. The van der Waals surface area contributed by atoms with Crippen LogP contribution in [0.5, 0.6) is 0 Å². The van der Waals surface area contributed by atoms with Gasteiger partial charge in [0, 0.05) is 32.0 Å². The maximum atomic E-state index is 12.6. The van der Waals surface area contributed by atoms with Crippen molar-refractivity contribution in [2.75, 3.05) is 26.2 Å². The second-order valence-corrected chi connectivity index (χ2v) is 6.40. The first-order valence-corrected chi connectivity index (χ1v) is 8.14. The van der Waals surface area contributed by atoms with E-state index in [1.165, 1.54) is 5.56 Å². The van der Waals surface area contributed by atoms with Gasteiger partial charge in [0.25, 0.3) is 0 Å². The molecule has 0 radical (unpaired) electrons. The Hall–Kier alpha value is -1.42. The third-order valence-electron chi connectivity index (χ3n) is 5.17. The van der Waals surface area contributed by atoms with Gasteiger partial charge in [-0.2, -0.15) is 0 Å². The maximum absolute atomic E-state index is 12.6. The number of hydrogen-bond donors (Lipinski definition) is 0. The predicted molar refractivity (Wildman–Crippen MR) is 82.7 cm³/mol. The smallest absolute Gasteiger partial charge is 0.228 e. The summed E-state index contributed by atoms with van der Waals surface area (Å²) in [5.41, 5.74) is 1.26. The number of nitrogens with zero attached hydrogens (tertiary/aromatic N) is 3. The third-order valence-corrected chi connectivity index (χ3v) is 5.17. The zero-order valence-corrected chi connectivity index (χ0v) is 12.9. The Labute approximate surface area is 127 Å². The van der Waals surface area contributed by atoms with Gasteiger partial charge in [0.1, 0.15) is 0 Å². The fourth-order valence-corrected chi connectivity index (χ4v) is 3.81. The van der Waals surface area contributed by atoms with Gasteiger partial charge >= 0.3 is 0 Å². The first kappa shape index (κ1) is 14.5. The summed E-state index contributed by atoms with van der Waals surface area (Å²) in [6.45, 7) is 7.02. The van der Waals surface area contributed by atoms with Crippen LogP contribution in [0.25, 0.3) is 0 Å². The monoisotopic (exact) mass is 287 g/mol. The molecule has 1 spiro atoms. The first-order valence-electron chi connectivity index (χ1n) is 8.14. The molecule has 2 saturated heterocycles. The molecule has 1 unspecified atom stereocenters. The molecule has 3 rings (SSSR count). The van der Waals surface area contributed by atoms with Crippen molar-refractivity contribution >= 4 is 5.91 Å². The Balaban J connectivity index is 1.63. The second kappa shape index (κ2) is 6.14.